The molecule has 1 aromatic rings. The number of hydrazine groups is 1. The molecule has 0 spiro atoms. The van der Waals surface area contributed by atoms with E-state index < -0.39 is 0 Å². The molecule has 0 fully saturated rings. The number of hydrogen-bond donors (Lipinski definition) is 2. The zero-order valence-electron chi connectivity index (χ0n) is 11.2. The van der Waals surface area contributed by atoms with Gasteiger partial charge in [0.2, 0.25) is 0 Å². The summed E-state index contributed by atoms with van der Waals surface area (Å²) in [5.74, 6) is 6.46. The second-order valence-corrected chi connectivity index (χ2v) is 4.78. The number of rotatable bonds is 8. The normalized spacial score (nSPS) is 14.5. The first kappa shape index (κ1) is 14.2. The van der Waals surface area contributed by atoms with Crippen LogP contribution in [0, 0.1) is 5.92 Å². The first-order valence-electron chi connectivity index (χ1n) is 6.82. The molecule has 3 N–H and O–H groups in total. The van der Waals surface area contributed by atoms with Crippen molar-refractivity contribution in [2.75, 3.05) is 0 Å². The summed E-state index contributed by atoms with van der Waals surface area (Å²) in [6, 6.07) is 10.8. The lowest BCUT2D eigenvalue weighted by molar-refractivity contribution is 0.356. The third-order valence-corrected chi connectivity index (χ3v) is 3.52. The predicted molar refractivity (Wildman–Crippen MR) is 74.4 cm³/mol. The summed E-state index contributed by atoms with van der Waals surface area (Å²) >= 11 is 0. The molecule has 0 radical (unpaired) electrons. The Bertz CT molecular complexity index is 284. The fourth-order valence-electron chi connectivity index (χ4n) is 2.30. The zero-order chi connectivity index (χ0) is 12.5. The Morgan fingerprint density at radius 2 is 1.88 bits per heavy atom. The Hall–Kier alpha value is -0.860. The first-order chi connectivity index (χ1) is 8.31. The van der Waals surface area contributed by atoms with Gasteiger partial charge < -0.3 is 0 Å². The quantitative estimate of drug-likeness (QED) is 0.530. The summed E-state index contributed by atoms with van der Waals surface area (Å²) in [5, 5.41) is 0. The van der Waals surface area contributed by atoms with E-state index in [-0.39, 0.29) is 6.04 Å². The number of hydrogen-bond acceptors (Lipinski definition) is 2. The van der Waals surface area contributed by atoms with Gasteiger partial charge in [-0.2, -0.15) is 0 Å². The molecule has 1 aromatic carbocycles. The Morgan fingerprint density at radius 1 is 1.18 bits per heavy atom. The molecule has 0 aliphatic carbocycles. The molecule has 0 aromatic heterocycles. The topological polar surface area (TPSA) is 38.0 Å². The summed E-state index contributed by atoms with van der Waals surface area (Å²) in [7, 11) is 0. The second-order valence-electron chi connectivity index (χ2n) is 4.78. The van der Waals surface area contributed by atoms with Crippen LogP contribution in [0.1, 0.15) is 57.6 Å². The molecule has 96 valence electrons. The fraction of sp³-hybridized carbons (Fsp3) is 0.600. The third-order valence-electron chi connectivity index (χ3n) is 3.52. The average molecular weight is 234 g/mol. The molecular formula is C15H26N2. The molecule has 0 aliphatic rings. The van der Waals surface area contributed by atoms with Crippen molar-refractivity contribution >= 4 is 0 Å². The van der Waals surface area contributed by atoms with Crippen LogP contribution in [-0.2, 0) is 0 Å². The van der Waals surface area contributed by atoms with Crippen molar-refractivity contribution in [1.29, 1.82) is 0 Å². The van der Waals surface area contributed by atoms with E-state index in [0.29, 0.717) is 0 Å². The highest BCUT2D eigenvalue weighted by Crippen LogP contribution is 2.25. The largest absolute Gasteiger partial charge is 0.271 e. The van der Waals surface area contributed by atoms with E-state index in [9.17, 15) is 0 Å². The zero-order valence-corrected chi connectivity index (χ0v) is 11.2. The predicted octanol–water partition coefficient (Wildman–Crippen LogP) is 3.80. The van der Waals surface area contributed by atoms with Crippen molar-refractivity contribution in [3.05, 3.63) is 35.9 Å². The smallest absolute Gasteiger partial charge is 0.0462 e. The Morgan fingerprint density at radius 3 is 2.41 bits per heavy atom. The Balaban J connectivity index is 2.56. The van der Waals surface area contributed by atoms with Crippen LogP contribution in [-0.4, -0.2) is 0 Å². The van der Waals surface area contributed by atoms with Gasteiger partial charge in [0.25, 0.3) is 0 Å². The number of unbranched alkanes of at least 4 members (excludes halogenated alkanes) is 1. The van der Waals surface area contributed by atoms with Crippen LogP contribution in [0.2, 0.25) is 0 Å². The average Bonchev–Trinajstić information content (AvgIpc) is 2.40. The van der Waals surface area contributed by atoms with Crippen molar-refractivity contribution in [2.45, 2.75) is 52.0 Å². The Kier molecular flexibility index (Phi) is 6.90. The molecule has 0 amide bonds. The van der Waals surface area contributed by atoms with E-state index in [2.05, 4.69) is 43.5 Å². The maximum Gasteiger partial charge on any atom is 0.0462 e. The highest BCUT2D eigenvalue weighted by Gasteiger charge is 2.15. The van der Waals surface area contributed by atoms with Gasteiger partial charge in [-0.1, -0.05) is 69.9 Å². The summed E-state index contributed by atoms with van der Waals surface area (Å²) in [5.41, 5.74) is 4.26. The van der Waals surface area contributed by atoms with Crippen LogP contribution in [0.4, 0.5) is 0 Å². The molecule has 2 atom stereocenters. The summed E-state index contributed by atoms with van der Waals surface area (Å²) in [6.45, 7) is 4.53. The minimum atomic E-state index is 0.290. The van der Waals surface area contributed by atoms with E-state index in [1.165, 1.54) is 31.2 Å². The standard InChI is InChI=1S/C15H26N2/c1-3-5-9-13(4-2)12-15(17-16)14-10-7-6-8-11-14/h6-8,10-11,13,15,17H,3-5,9,12,16H2,1-2H3. The van der Waals surface area contributed by atoms with Gasteiger partial charge in [0.1, 0.15) is 0 Å². The van der Waals surface area contributed by atoms with Crippen LogP contribution in [0.3, 0.4) is 0 Å². The van der Waals surface area contributed by atoms with Crippen LogP contribution in [0.25, 0.3) is 0 Å². The lowest BCUT2D eigenvalue weighted by Gasteiger charge is -2.22. The maximum absolute atomic E-state index is 5.69. The van der Waals surface area contributed by atoms with Gasteiger partial charge in [0, 0.05) is 6.04 Å². The first-order valence-corrected chi connectivity index (χ1v) is 6.82. The van der Waals surface area contributed by atoms with Gasteiger partial charge in [-0.3, -0.25) is 11.3 Å². The van der Waals surface area contributed by atoms with Gasteiger partial charge in [-0.25, -0.2) is 0 Å². The molecule has 2 unspecified atom stereocenters. The van der Waals surface area contributed by atoms with E-state index in [4.69, 9.17) is 5.84 Å². The molecule has 2 heteroatoms. The van der Waals surface area contributed by atoms with E-state index in [1.807, 2.05) is 6.07 Å². The van der Waals surface area contributed by atoms with Gasteiger partial charge in [-0.15, -0.1) is 0 Å². The second kappa shape index (κ2) is 8.26. The van der Waals surface area contributed by atoms with Gasteiger partial charge in [0.05, 0.1) is 0 Å². The summed E-state index contributed by atoms with van der Waals surface area (Å²) in [4.78, 5) is 0. The lowest BCUT2D eigenvalue weighted by Crippen LogP contribution is -2.29. The van der Waals surface area contributed by atoms with Crippen molar-refractivity contribution in [3.8, 4) is 0 Å². The number of benzene rings is 1. The minimum absolute atomic E-state index is 0.290. The SMILES string of the molecule is CCCCC(CC)CC(NN)c1ccccc1. The van der Waals surface area contributed by atoms with Crippen molar-refractivity contribution in [2.24, 2.45) is 11.8 Å². The van der Waals surface area contributed by atoms with E-state index >= 15 is 0 Å². The van der Waals surface area contributed by atoms with E-state index in [1.54, 1.807) is 0 Å². The molecule has 0 aliphatic heterocycles. The molecular weight excluding hydrogens is 208 g/mol. The minimum Gasteiger partial charge on any atom is -0.271 e. The lowest BCUT2D eigenvalue weighted by atomic mass is 9.89. The van der Waals surface area contributed by atoms with Crippen LogP contribution in [0.15, 0.2) is 30.3 Å². The molecule has 2 nitrogen and oxygen atoms in total. The van der Waals surface area contributed by atoms with Gasteiger partial charge in [-0.05, 0) is 17.9 Å². The molecule has 17 heavy (non-hydrogen) atoms. The Labute approximate surface area is 106 Å². The number of nitrogens with two attached hydrogens (primary N) is 1. The highest BCUT2D eigenvalue weighted by molar-refractivity contribution is 5.18. The van der Waals surface area contributed by atoms with Crippen molar-refractivity contribution in [3.63, 3.8) is 0 Å². The van der Waals surface area contributed by atoms with Crippen molar-refractivity contribution < 1.29 is 0 Å². The van der Waals surface area contributed by atoms with Gasteiger partial charge >= 0.3 is 0 Å². The van der Waals surface area contributed by atoms with E-state index in [0.717, 1.165) is 12.3 Å². The molecule has 0 heterocycles. The third kappa shape index (κ3) is 4.88. The monoisotopic (exact) mass is 234 g/mol. The van der Waals surface area contributed by atoms with Crippen LogP contribution >= 0.6 is 0 Å². The molecule has 0 saturated heterocycles. The van der Waals surface area contributed by atoms with Gasteiger partial charge in [0.15, 0.2) is 0 Å². The molecule has 0 bridgehead atoms. The van der Waals surface area contributed by atoms with Crippen LogP contribution in [0.5, 0.6) is 0 Å². The van der Waals surface area contributed by atoms with Crippen LogP contribution < -0.4 is 11.3 Å². The highest BCUT2D eigenvalue weighted by atomic mass is 15.2. The maximum atomic E-state index is 5.69. The molecule has 0 saturated carbocycles. The summed E-state index contributed by atoms with van der Waals surface area (Å²) < 4.78 is 0. The fourth-order valence-corrected chi connectivity index (χ4v) is 2.30. The molecule has 1 rings (SSSR count). The summed E-state index contributed by atoms with van der Waals surface area (Å²) in [6.07, 6.45) is 6.30. The van der Waals surface area contributed by atoms with Crippen molar-refractivity contribution in [1.82, 2.24) is 5.43 Å². The number of nitrogens with one attached hydrogen (secondary N) is 1.